The zero-order chi connectivity index (χ0) is 13.8. The van der Waals surface area contributed by atoms with E-state index in [0.717, 1.165) is 0 Å². The van der Waals surface area contributed by atoms with Gasteiger partial charge < -0.3 is 14.8 Å². The molecule has 1 aliphatic rings. The monoisotopic (exact) mass is 335 g/mol. The van der Waals surface area contributed by atoms with Gasteiger partial charge in [0.25, 0.3) is 0 Å². The lowest BCUT2D eigenvalue weighted by molar-refractivity contribution is -0.0523. The van der Waals surface area contributed by atoms with Crippen LogP contribution in [0.15, 0.2) is 16.6 Å². The van der Waals surface area contributed by atoms with Gasteiger partial charge in [0, 0.05) is 18.0 Å². The van der Waals surface area contributed by atoms with E-state index in [1.165, 1.54) is 12.1 Å². The number of halogens is 3. The molecule has 1 aromatic carbocycles. The largest absolute Gasteiger partial charge is 0.350 e. The van der Waals surface area contributed by atoms with Crippen molar-refractivity contribution >= 4 is 15.9 Å². The van der Waals surface area contributed by atoms with Crippen LogP contribution in [-0.4, -0.2) is 32.6 Å². The van der Waals surface area contributed by atoms with Crippen molar-refractivity contribution in [3.05, 3.63) is 33.8 Å². The fourth-order valence-corrected chi connectivity index (χ4v) is 2.45. The van der Waals surface area contributed by atoms with Gasteiger partial charge >= 0.3 is 0 Å². The Labute approximate surface area is 119 Å². The van der Waals surface area contributed by atoms with Crippen LogP contribution in [0, 0.1) is 11.6 Å². The van der Waals surface area contributed by atoms with Crippen molar-refractivity contribution in [1.82, 2.24) is 5.32 Å². The molecule has 106 valence electrons. The average molecular weight is 336 g/mol. The third-order valence-electron chi connectivity index (χ3n) is 3.17. The minimum atomic E-state index is -0.548. The number of ether oxygens (including phenoxy) is 2. The van der Waals surface area contributed by atoms with E-state index in [2.05, 4.69) is 21.2 Å². The summed E-state index contributed by atoms with van der Waals surface area (Å²) < 4.78 is 38.6. The number of hydrogen-bond donors (Lipinski definition) is 1. The summed E-state index contributed by atoms with van der Waals surface area (Å²) in [4.78, 5) is 0. The topological polar surface area (TPSA) is 30.5 Å². The van der Waals surface area contributed by atoms with Crippen molar-refractivity contribution in [2.45, 2.75) is 25.2 Å². The number of hydrogen-bond acceptors (Lipinski definition) is 3. The van der Waals surface area contributed by atoms with Gasteiger partial charge in [0.05, 0.1) is 17.7 Å². The van der Waals surface area contributed by atoms with Crippen molar-refractivity contribution in [1.29, 1.82) is 0 Å². The standard InChI is InChI=1S/C13H16BrF2NO2/c1-17-8(7-12-18-4-5-19-12)6-9-11(15)3-2-10(14)13(9)16/h2-3,8,12,17H,4-7H2,1H3. The molecule has 0 spiro atoms. The Morgan fingerprint density at radius 3 is 2.68 bits per heavy atom. The highest BCUT2D eigenvalue weighted by atomic mass is 79.9. The van der Waals surface area contributed by atoms with Gasteiger partial charge in [-0.05, 0) is 41.5 Å². The summed E-state index contributed by atoms with van der Waals surface area (Å²) in [6.45, 7) is 1.14. The number of nitrogens with one attached hydrogen (secondary N) is 1. The highest BCUT2D eigenvalue weighted by molar-refractivity contribution is 9.10. The molecular formula is C13H16BrF2NO2. The Hall–Kier alpha value is -0.560. The molecule has 3 nitrogen and oxygen atoms in total. The van der Waals surface area contributed by atoms with Gasteiger partial charge in [0.15, 0.2) is 6.29 Å². The van der Waals surface area contributed by atoms with Crippen LogP contribution in [0.4, 0.5) is 8.78 Å². The predicted molar refractivity (Wildman–Crippen MR) is 70.9 cm³/mol. The van der Waals surface area contributed by atoms with Gasteiger partial charge in [0.1, 0.15) is 11.6 Å². The maximum atomic E-state index is 13.9. The van der Waals surface area contributed by atoms with E-state index in [4.69, 9.17) is 9.47 Å². The van der Waals surface area contributed by atoms with Crippen LogP contribution in [0.25, 0.3) is 0 Å². The molecule has 1 aromatic rings. The van der Waals surface area contributed by atoms with E-state index in [1.54, 1.807) is 7.05 Å². The fourth-order valence-electron chi connectivity index (χ4n) is 2.08. The van der Waals surface area contributed by atoms with Gasteiger partial charge in [-0.2, -0.15) is 0 Å². The summed E-state index contributed by atoms with van der Waals surface area (Å²) in [7, 11) is 1.76. The molecule has 0 bridgehead atoms. The van der Waals surface area contributed by atoms with Crippen LogP contribution in [-0.2, 0) is 15.9 Å². The number of rotatable bonds is 5. The van der Waals surface area contributed by atoms with Gasteiger partial charge in [-0.3, -0.25) is 0 Å². The first kappa shape index (κ1) is 14.8. The lowest BCUT2D eigenvalue weighted by Gasteiger charge is -2.20. The molecule has 19 heavy (non-hydrogen) atoms. The maximum absolute atomic E-state index is 13.9. The van der Waals surface area contributed by atoms with E-state index < -0.39 is 11.6 Å². The molecule has 0 amide bonds. The third kappa shape index (κ3) is 3.72. The van der Waals surface area contributed by atoms with Crippen molar-refractivity contribution < 1.29 is 18.3 Å². The number of benzene rings is 1. The minimum Gasteiger partial charge on any atom is -0.350 e. The summed E-state index contributed by atoms with van der Waals surface area (Å²) in [5.41, 5.74) is 0.0757. The second kappa shape index (κ2) is 6.74. The molecule has 1 N–H and O–H groups in total. The first-order valence-corrected chi connectivity index (χ1v) is 6.94. The van der Waals surface area contributed by atoms with E-state index in [9.17, 15) is 8.78 Å². The second-order valence-electron chi connectivity index (χ2n) is 4.42. The molecule has 2 rings (SSSR count). The van der Waals surface area contributed by atoms with E-state index in [0.29, 0.717) is 19.6 Å². The molecule has 1 saturated heterocycles. The summed E-state index contributed by atoms with van der Waals surface area (Å²) in [5, 5.41) is 3.04. The molecule has 0 aromatic heterocycles. The molecule has 1 fully saturated rings. The Balaban J connectivity index is 2.07. The van der Waals surface area contributed by atoms with Crippen LogP contribution in [0.1, 0.15) is 12.0 Å². The first-order chi connectivity index (χ1) is 9.11. The molecule has 1 aliphatic heterocycles. The van der Waals surface area contributed by atoms with Crippen molar-refractivity contribution in [2.24, 2.45) is 0 Å². The van der Waals surface area contributed by atoms with Gasteiger partial charge in [-0.25, -0.2) is 8.78 Å². The molecule has 1 heterocycles. The molecule has 1 unspecified atom stereocenters. The van der Waals surface area contributed by atoms with Crippen molar-refractivity contribution in [2.75, 3.05) is 20.3 Å². The van der Waals surface area contributed by atoms with E-state index in [-0.39, 0.29) is 28.8 Å². The molecule has 6 heteroatoms. The third-order valence-corrected chi connectivity index (χ3v) is 3.78. The lowest BCUT2D eigenvalue weighted by Crippen LogP contribution is -2.32. The van der Waals surface area contributed by atoms with E-state index in [1.807, 2.05) is 0 Å². The fraction of sp³-hybridized carbons (Fsp3) is 0.538. The first-order valence-electron chi connectivity index (χ1n) is 6.14. The molecule has 0 saturated carbocycles. The summed E-state index contributed by atoms with van der Waals surface area (Å²) in [5.74, 6) is -1.08. The normalized spacial score (nSPS) is 17.9. The summed E-state index contributed by atoms with van der Waals surface area (Å²) >= 11 is 3.07. The van der Waals surface area contributed by atoms with Crippen molar-refractivity contribution in [3.8, 4) is 0 Å². The molecule has 1 atom stereocenters. The Bertz CT molecular complexity index is 439. The SMILES string of the molecule is CNC(Cc1c(F)ccc(Br)c1F)CC1OCCO1. The van der Waals surface area contributed by atoms with Crippen LogP contribution in [0.5, 0.6) is 0 Å². The lowest BCUT2D eigenvalue weighted by atomic mass is 10.0. The van der Waals surface area contributed by atoms with E-state index >= 15 is 0 Å². The Morgan fingerprint density at radius 2 is 2.05 bits per heavy atom. The quantitative estimate of drug-likeness (QED) is 0.839. The highest BCUT2D eigenvalue weighted by Gasteiger charge is 2.23. The summed E-state index contributed by atoms with van der Waals surface area (Å²) in [6, 6.07) is 2.52. The maximum Gasteiger partial charge on any atom is 0.159 e. The van der Waals surface area contributed by atoms with Gasteiger partial charge in [-0.1, -0.05) is 0 Å². The molecular weight excluding hydrogens is 320 g/mol. The van der Waals surface area contributed by atoms with Gasteiger partial charge in [0.2, 0.25) is 0 Å². The zero-order valence-electron chi connectivity index (χ0n) is 10.6. The predicted octanol–water partition coefficient (Wildman–Crippen LogP) is 2.62. The Kier molecular flexibility index (Phi) is 5.27. The molecule has 0 aliphatic carbocycles. The smallest absolute Gasteiger partial charge is 0.159 e. The molecule has 0 radical (unpaired) electrons. The van der Waals surface area contributed by atoms with Crippen LogP contribution >= 0.6 is 15.9 Å². The zero-order valence-corrected chi connectivity index (χ0v) is 12.2. The van der Waals surface area contributed by atoms with Gasteiger partial charge in [-0.15, -0.1) is 0 Å². The van der Waals surface area contributed by atoms with Crippen molar-refractivity contribution in [3.63, 3.8) is 0 Å². The second-order valence-corrected chi connectivity index (χ2v) is 5.27. The highest BCUT2D eigenvalue weighted by Crippen LogP contribution is 2.24. The average Bonchev–Trinajstić information content (AvgIpc) is 2.90. The minimum absolute atomic E-state index is 0.0757. The van der Waals surface area contributed by atoms with Crippen LogP contribution in [0.2, 0.25) is 0 Å². The number of likely N-dealkylation sites (N-methyl/N-ethyl adjacent to an activating group) is 1. The van der Waals surface area contributed by atoms with Crippen LogP contribution in [0.3, 0.4) is 0 Å². The van der Waals surface area contributed by atoms with Crippen LogP contribution < -0.4 is 5.32 Å². The summed E-state index contributed by atoms with van der Waals surface area (Å²) in [6.07, 6.45) is 0.509. The Morgan fingerprint density at radius 1 is 1.37 bits per heavy atom.